The summed E-state index contributed by atoms with van der Waals surface area (Å²) in [6.07, 6.45) is -0.139. The van der Waals surface area contributed by atoms with E-state index < -0.39 is 5.92 Å². The summed E-state index contributed by atoms with van der Waals surface area (Å²) in [5, 5.41) is 2.81. The molecule has 1 fully saturated rings. The van der Waals surface area contributed by atoms with Crippen molar-refractivity contribution >= 4 is 0 Å². The van der Waals surface area contributed by atoms with Gasteiger partial charge in [0.1, 0.15) is 5.75 Å². The Balaban J connectivity index is 2.16. The normalized spacial score (nSPS) is 24.1. The summed E-state index contributed by atoms with van der Waals surface area (Å²) >= 11 is 0. The third-order valence-corrected chi connectivity index (χ3v) is 2.61. The van der Waals surface area contributed by atoms with E-state index in [-0.39, 0.29) is 19.0 Å². The molecule has 1 unspecified atom stereocenters. The number of rotatable bonds is 2. The van der Waals surface area contributed by atoms with Gasteiger partial charge in [-0.05, 0) is 17.7 Å². The summed E-state index contributed by atoms with van der Waals surface area (Å²) in [4.78, 5) is 0. The molecule has 2 rings (SSSR count). The zero-order chi connectivity index (χ0) is 10.9. The van der Waals surface area contributed by atoms with Crippen molar-refractivity contribution in [2.45, 2.75) is 18.4 Å². The molecule has 0 bridgehead atoms. The lowest BCUT2D eigenvalue weighted by Crippen LogP contribution is -2.19. The summed E-state index contributed by atoms with van der Waals surface area (Å²) in [6.45, 7) is -0.241. The highest BCUT2D eigenvalue weighted by atomic mass is 19.3. The Bertz CT molecular complexity index is 354. The SMILES string of the molecule is COc1cccc(C2CC(F)(F)CN2)c1. The third kappa shape index (κ3) is 2.26. The Morgan fingerprint density at radius 3 is 2.87 bits per heavy atom. The average molecular weight is 213 g/mol. The summed E-state index contributed by atoms with van der Waals surface area (Å²) in [5.41, 5.74) is 0.853. The first-order valence-electron chi connectivity index (χ1n) is 4.86. The van der Waals surface area contributed by atoms with Gasteiger partial charge < -0.3 is 10.1 Å². The Labute approximate surface area is 87.2 Å². The van der Waals surface area contributed by atoms with Crippen LogP contribution in [0.1, 0.15) is 18.0 Å². The largest absolute Gasteiger partial charge is 0.497 e. The molecule has 1 atom stereocenters. The van der Waals surface area contributed by atoms with Crippen LogP contribution in [-0.2, 0) is 0 Å². The van der Waals surface area contributed by atoms with Gasteiger partial charge in [0.25, 0.3) is 5.92 Å². The minimum Gasteiger partial charge on any atom is -0.497 e. The van der Waals surface area contributed by atoms with Gasteiger partial charge in [0, 0.05) is 12.5 Å². The van der Waals surface area contributed by atoms with E-state index in [1.165, 1.54) is 0 Å². The molecule has 1 heterocycles. The van der Waals surface area contributed by atoms with Gasteiger partial charge in [-0.1, -0.05) is 12.1 Å². The number of methoxy groups -OCH3 is 1. The molecule has 0 spiro atoms. The van der Waals surface area contributed by atoms with Crippen LogP contribution in [0.4, 0.5) is 8.78 Å². The van der Waals surface area contributed by atoms with E-state index in [1.807, 2.05) is 12.1 Å². The van der Waals surface area contributed by atoms with E-state index in [9.17, 15) is 8.78 Å². The van der Waals surface area contributed by atoms with Crippen molar-refractivity contribution in [3.8, 4) is 5.75 Å². The Morgan fingerprint density at radius 1 is 1.47 bits per heavy atom. The fourth-order valence-electron chi connectivity index (χ4n) is 1.81. The zero-order valence-electron chi connectivity index (χ0n) is 8.47. The Morgan fingerprint density at radius 2 is 2.27 bits per heavy atom. The lowest BCUT2D eigenvalue weighted by molar-refractivity contribution is 0.0210. The van der Waals surface area contributed by atoms with E-state index in [0.29, 0.717) is 5.75 Å². The van der Waals surface area contributed by atoms with Crippen LogP contribution in [-0.4, -0.2) is 19.6 Å². The van der Waals surface area contributed by atoms with E-state index in [2.05, 4.69) is 5.32 Å². The first-order valence-corrected chi connectivity index (χ1v) is 4.86. The van der Waals surface area contributed by atoms with Gasteiger partial charge in [0.05, 0.1) is 13.7 Å². The van der Waals surface area contributed by atoms with Crippen LogP contribution in [0, 0.1) is 0 Å². The molecule has 1 aliphatic heterocycles. The van der Waals surface area contributed by atoms with Gasteiger partial charge in [0.2, 0.25) is 0 Å². The molecule has 82 valence electrons. The topological polar surface area (TPSA) is 21.3 Å². The second-order valence-corrected chi connectivity index (χ2v) is 3.77. The van der Waals surface area contributed by atoms with Crippen LogP contribution < -0.4 is 10.1 Å². The maximum atomic E-state index is 13.0. The van der Waals surface area contributed by atoms with E-state index >= 15 is 0 Å². The number of hydrogen-bond donors (Lipinski definition) is 1. The molecule has 1 aliphatic rings. The summed E-state index contributed by atoms with van der Waals surface area (Å²) in [5.74, 6) is -1.89. The van der Waals surface area contributed by atoms with Crippen molar-refractivity contribution in [1.29, 1.82) is 0 Å². The molecule has 15 heavy (non-hydrogen) atoms. The van der Waals surface area contributed by atoms with Gasteiger partial charge in [-0.3, -0.25) is 0 Å². The van der Waals surface area contributed by atoms with Crippen molar-refractivity contribution in [2.24, 2.45) is 0 Å². The molecule has 1 saturated heterocycles. The van der Waals surface area contributed by atoms with Crippen molar-refractivity contribution in [3.05, 3.63) is 29.8 Å². The lowest BCUT2D eigenvalue weighted by Gasteiger charge is -2.11. The van der Waals surface area contributed by atoms with Crippen molar-refractivity contribution < 1.29 is 13.5 Å². The molecular weight excluding hydrogens is 200 g/mol. The van der Waals surface area contributed by atoms with Crippen LogP contribution in [0.15, 0.2) is 24.3 Å². The van der Waals surface area contributed by atoms with Crippen LogP contribution in [0.5, 0.6) is 5.75 Å². The van der Waals surface area contributed by atoms with Crippen LogP contribution >= 0.6 is 0 Å². The fourth-order valence-corrected chi connectivity index (χ4v) is 1.81. The summed E-state index contributed by atoms with van der Waals surface area (Å²) in [6, 6.07) is 6.97. The number of benzene rings is 1. The standard InChI is InChI=1S/C11H13F2NO/c1-15-9-4-2-3-8(5-9)10-6-11(12,13)7-14-10/h2-5,10,14H,6-7H2,1H3. The first kappa shape index (κ1) is 10.4. The van der Waals surface area contributed by atoms with Crippen molar-refractivity contribution in [1.82, 2.24) is 5.32 Å². The second kappa shape index (κ2) is 3.77. The lowest BCUT2D eigenvalue weighted by atomic mass is 10.0. The molecule has 1 aromatic carbocycles. The van der Waals surface area contributed by atoms with Gasteiger partial charge >= 0.3 is 0 Å². The highest BCUT2D eigenvalue weighted by Crippen LogP contribution is 2.34. The summed E-state index contributed by atoms with van der Waals surface area (Å²) in [7, 11) is 1.57. The molecule has 4 heteroatoms. The maximum absolute atomic E-state index is 13.0. The number of ether oxygens (including phenoxy) is 1. The van der Waals surface area contributed by atoms with Crippen LogP contribution in [0.3, 0.4) is 0 Å². The fraction of sp³-hybridized carbons (Fsp3) is 0.455. The highest BCUT2D eigenvalue weighted by Gasteiger charge is 2.39. The molecule has 0 aliphatic carbocycles. The molecule has 0 aromatic heterocycles. The number of halogens is 2. The molecule has 0 amide bonds. The molecule has 1 aromatic rings. The molecule has 2 nitrogen and oxygen atoms in total. The summed E-state index contributed by atoms with van der Waals surface area (Å²) < 4.78 is 31.0. The number of nitrogens with one attached hydrogen (secondary N) is 1. The molecular formula is C11H13F2NO. The Kier molecular flexibility index (Phi) is 2.61. The molecule has 0 radical (unpaired) electrons. The molecule has 1 N–H and O–H groups in total. The Hall–Kier alpha value is -1.16. The predicted molar refractivity (Wildman–Crippen MR) is 53.3 cm³/mol. The second-order valence-electron chi connectivity index (χ2n) is 3.77. The van der Waals surface area contributed by atoms with E-state index in [1.54, 1.807) is 19.2 Å². The van der Waals surface area contributed by atoms with Crippen LogP contribution in [0.2, 0.25) is 0 Å². The first-order chi connectivity index (χ1) is 7.11. The highest BCUT2D eigenvalue weighted by molar-refractivity contribution is 5.31. The van der Waals surface area contributed by atoms with Gasteiger partial charge in [-0.15, -0.1) is 0 Å². The van der Waals surface area contributed by atoms with Crippen molar-refractivity contribution in [3.63, 3.8) is 0 Å². The minimum atomic E-state index is -2.59. The van der Waals surface area contributed by atoms with E-state index in [0.717, 1.165) is 5.56 Å². The van der Waals surface area contributed by atoms with Crippen molar-refractivity contribution in [2.75, 3.05) is 13.7 Å². The quantitative estimate of drug-likeness (QED) is 0.814. The minimum absolute atomic E-state index is 0.139. The third-order valence-electron chi connectivity index (χ3n) is 2.61. The van der Waals surface area contributed by atoms with Crippen LogP contribution in [0.25, 0.3) is 0 Å². The zero-order valence-corrected chi connectivity index (χ0v) is 8.47. The average Bonchev–Trinajstić information content (AvgIpc) is 2.59. The molecule has 0 saturated carbocycles. The smallest absolute Gasteiger partial charge is 0.262 e. The van der Waals surface area contributed by atoms with Gasteiger partial charge in [-0.2, -0.15) is 0 Å². The monoisotopic (exact) mass is 213 g/mol. The number of hydrogen-bond acceptors (Lipinski definition) is 2. The maximum Gasteiger partial charge on any atom is 0.262 e. The van der Waals surface area contributed by atoms with Gasteiger partial charge in [0.15, 0.2) is 0 Å². The van der Waals surface area contributed by atoms with E-state index in [4.69, 9.17) is 4.74 Å². The van der Waals surface area contributed by atoms with Gasteiger partial charge in [-0.25, -0.2) is 8.78 Å². The predicted octanol–water partition coefficient (Wildman–Crippen LogP) is 2.36. The number of alkyl halides is 2.